The van der Waals surface area contributed by atoms with E-state index in [-0.39, 0.29) is 5.41 Å². The van der Waals surface area contributed by atoms with Crippen molar-refractivity contribution < 1.29 is 0 Å². The molecule has 0 aromatic heterocycles. The molecule has 1 rings (SSSR count). The second kappa shape index (κ2) is 3.96. The fourth-order valence-corrected chi connectivity index (χ4v) is 1.49. The van der Waals surface area contributed by atoms with Crippen molar-refractivity contribution in [2.75, 3.05) is 5.32 Å². The maximum atomic E-state index is 5.46. The van der Waals surface area contributed by atoms with Crippen molar-refractivity contribution in [1.29, 1.82) is 0 Å². The first-order valence-corrected chi connectivity index (χ1v) is 4.98. The highest BCUT2D eigenvalue weighted by Gasteiger charge is 2.17. The maximum absolute atomic E-state index is 5.46. The summed E-state index contributed by atoms with van der Waals surface area (Å²) >= 11 is 4.83. The van der Waals surface area contributed by atoms with Crippen LogP contribution in [0.4, 0.5) is 5.69 Å². The minimum atomic E-state index is 0.0916. The first-order chi connectivity index (χ1) is 6.41. The van der Waals surface area contributed by atoms with Crippen LogP contribution in [0.1, 0.15) is 26.3 Å². The molecule has 0 atom stereocenters. The zero-order valence-electron chi connectivity index (χ0n) is 8.79. The van der Waals surface area contributed by atoms with Crippen molar-refractivity contribution in [2.45, 2.75) is 26.2 Å². The minimum Gasteiger partial charge on any atom is -0.376 e. The summed E-state index contributed by atoms with van der Waals surface area (Å²) in [6.07, 6.45) is 0. The number of rotatable bonds is 1. The van der Waals surface area contributed by atoms with Crippen LogP contribution in [0.15, 0.2) is 24.3 Å². The number of para-hydroxylation sites is 1. The Kier molecular flexibility index (Phi) is 3.11. The molecule has 0 fully saturated rings. The van der Waals surface area contributed by atoms with Crippen LogP contribution in [0, 0.1) is 0 Å². The molecule has 0 saturated heterocycles. The normalized spacial score (nSPS) is 11.1. The second-order valence-electron chi connectivity index (χ2n) is 4.28. The Labute approximate surface area is 90.5 Å². The molecule has 0 unspecified atom stereocenters. The van der Waals surface area contributed by atoms with Gasteiger partial charge in [0.1, 0.15) is 0 Å². The van der Waals surface area contributed by atoms with Gasteiger partial charge in [-0.25, -0.2) is 0 Å². The van der Waals surface area contributed by atoms with Crippen molar-refractivity contribution in [1.82, 2.24) is 0 Å². The lowest BCUT2D eigenvalue weighted by atomic mass is 9.86. The lowest BCUT2D eigenvalue weighted by Crippen LogP contribution is -2.22. The predicted octanol–water partition coefficient (Wildman–Crippen LogP) is 2.64. The van der Waals surface area contributed by atoms with E-state index in [2.05, 4.69) is 32.2 Å². The van der Waals surface area contributed by atoms with E-state index in [0.29, 0.717) is 5.11 Å². The standard InChI is InChI=1S/C11H16N2S/c1-11(2,3)8-6-4-5-7-9(8)13-10(12)14/h4-7H,1-3H3,(H3,12,13,14). The average Bonchev–Trinajstić information content (AvgIpc) is 2.01. The SMILES string of the molecule is CC(C)(C)c1ccccc1NC(N)=S. The third-order valence-electron chi connectivity index (χ3n) is 1.99. The second-order valence-corrected chi connectivity index (χ2v) is 4.72. The number of thiocarbonyl (C=S) groups is 1. The number of anilines is 1. The molecule has 0 aliphatic heterocycles. The van der Waals surface area contributed by atoms with E-state index in [0.717, 1.165) is 5.69 Å². The van der Waals surface area contributed by atoms with Gasteiger partial charge in [0, 0.05) is 5.69 Å². The van der Waals surface area contributed by atoms with E-state index in [9.17, 15) is 0 Å². The molecule has 1 aromatic carbocycles. The highest BCUT2D eigenvalue weighted by Crippen LogP contribution is 2.28. The van der Waals surface area contributed by atoms with Gasteiger partial charge in [-0.05, 0) is 29.3 Å². The van der Waals surface area contributed by atoms with Gasteiger partial charge in [-0.2, -0.15) is 0 Å². The molecule has 2 nitrogen and oxygen atoms in total. The highest BCUT2D eigenvalue weighted by molar-refractivity contribution is 7.80. The maximum Gasteiger partial charge on any atom is 0.168 e. The van der Waals surface area contributed by atoms with Gasteiger partial charge in [-0.1, -0.05) is 39.0 Å². The number of nitrogens with two attached hydrogens (primary N) is 1. The van der Waals surface area contributed by atoms with Gasteiger partial charge in [-0.3, -0.25) is 0 Å². The van der Waals surface area contributed by atoms with Gasteiger partial charge in [0.15, 0.2) is 5.11 Å². The Morgan fingerprint density at radius 3 is 2.36 bits per heavy atom. The van der Waals surface area contributed by atoms with Crippen LogP contribution in [0.25, 0.3) is 0 Å². The predicted molar refractivity (Wildman–Crippen MR) is 65.6 cm³/mol. The Morgan fingerprint density at radius 2 is 1.86 bits per heavy atom. The molecule has 0 heterocycles. The van der Waals surface area contributed by atoms with Gasteiger partial charge in [-0.15, -0.1) is 0 Å². The average molecular weight is 208 g/mol. The molecule has 0 saturated carbocycles. The third-order valence-corrected chi connectivity index (χ3v) is 2.10. The number of hydrogen-bond donors (Lipinski definition) is 2. The van der Waals surface area contributed by atoms with E-state index in [1.807, 2.05) is 18.2 Å². The molecule has 0 bridgehead atoms. The van der Waals surface area contributed by atoms with Crippen LogP contribution in [-0.4, -0.2) is 5.11 Å². The van der Waals surface area contributed by atoms with E-state index < -0.39 is 0 Å². The van der Waals surface area contributed by atoms with E-state index in [1.165, 1.54) is 5.56 Å². The molecule has 14 heavy (non-hydrogen) atoms. The molecule has 3 heteroatoms. The first-order valence-electron chi connectivity index (χ1n) is 4.57. The van der Waals surface area contributed by atoms with Crippen molar-refractivity contribution in [3.63, 3.8) is 0 Å². The summed E-state index contributed by atoms with van der Waals surface area (Å²) in [7, 11) is 0. The van der Waals surface area contributed by atoms with Gasteiger partial charge < -0.3 is 11.1 Å². The molecule has 76 valence electrons. The highest BCUT2D eigenvalue weighted by atomic mass is 32.1. The molecular weight excluding hydrogens is 192 g/mol. The van der Waals surface area contributed by atoms with Crippen molar-refractivity contribution in [3.05, 3.63) is 29.8 Å². The molecule has 1 aromatic rings. The van der Waals surface area contributed by atoms with Crippen LogP contribution in [0.5, 0.6) is 0 Å². The van der Waals surface area contributed by atoms with Crippen LogP contribution < -0.4 is 11.1 Å². The van der Waals surface area contributed by atoms with Crippen molar-refractivity contribution in [3.8, 4) is 0 Å². The Morgan fingerprint density at radius 1 is 1.29 bits per heavy atom. The van der Waals surface area contributed by atoms with Gasteiger partial charge in [0.05, 0.1) is 0 Å². The molecule has 0 amide bonds. The Balaban J connectivity index is 3.10. The minimum absolute atomic E-state index is 0.0916. The quantitative estimate of drug-likeness (QED) is 0.697. The first kappa shape index (κ1) is 11.0. The zero-order chi connectivity index (χ0) is 10.8. The molecule has 3 N–H and O–H groups in total. The Bertz CT molecular complexity index is 339. The van der Waals surface area contributed by atoms with Crippen molar-refractivity contribution in [2.24, 2.45) is 5.73 Å². The number of benzene rings is 1. The summed E-state index contributed by atoms with van der Waals surface area (Å²) < 4.78 is 0. The van der Waals surface area contributed by atoms with Crippen LogP contribution in [-0.2, 0) is 5.41 Å². The number of hydrogen-bond acceptors (Lipinski definition) is 1. The number of nitrogens with one attached hydrogen (secondary N) is 1. The summed E-state index contributed by atoms with van der Waals surface area (Å²) in [6.45, 7) is 6.48. The smallest absolute Gasteiger partial charge is 0.168 e. The van der Waals surface area contributed by atoms with Gasteiger partial charge in [0.25, 0.3) is 0 Å². The molecule has 0 aliphatic rings. The largest absolute Gasteiger partial charge is 0.376 e. The van der Waals surface area contributed by atoms with Gasteiger partial charge in [0.2, 0.25) is 0 Å². The fraction of sp³-hybridized carbons (Fsp3) is 0.364. The topological polar surface area (TPSA) is 38.0 Å². The summed E-state index contributed by atoms with van der Waals surface area (Å²) in [6, 6.07) is 8.06. The molecular formula is C11H16N2S. The third kappa shape index (κ3) is 2.70. The monoisotopic (exact) mass is 208 g/mol. The molecule has 0 spiro atoms. The lowest BCUT2D eigenvalue weighted by Gasteiger charge is -2.22. The van der Waals surface area contributed by atoms with E-state index >= 15 is 0 Å². The lowest BCUT2D eigenvalue weighted by molar-refractivity contribution is 0.592. The summed E-state index contributed by atoms with van der Waals surface area (Å²) in [5, 5.41) is 3.30. The van der Waals surface area contributed by atoms with E-state index in [1.54, 1.807) is 0 Å². The Hall–Kier alpha value is -1.09. The zero-order valence-corrected chi connectivity index (χ0v) is 9.61. The summed E-state index contributed by atoms with van der Waals surface area (Å²) in [5.41, 5.74) is 7.76. The van der Waals surface area contributed by atoms with E-state index in [4.69, 9.17) is 18.0 Å². The molecule has 0 aliphatic carbocycles. The molecule has 0 radical (unpaired) electrons. The summed E-state index contributed by atoms with van der Waals surface area (Å²) in [5.74, 6) is 0. The fourth-order valence-electron chi connectivity index (χ4n) is 1.38. The van der Waals surface area contributed by atoms with Crippen molar-refractivity contribution >= 4 is 23.0 Å². The van der Waals surface area contributed by atoms with Crippen LogP contribution >= 0.6 is 12.2 Å². The van der Waals surface area contributed by atoms with Gasteiger partial charge >= 0.3 is 0 Å². The van der Waals surface area contributed by atoms with Crippen LogP contribution in [0.2, 0.25) is 0 Å². The van der Waals surface area contributed by atoms with Crippen LogP contribution in [0.3, 0.4) is 0 Å². The summed E-state index contributed by atoms with van der Waals surface area (Å²) in [4.78, 5) is 0.